The number of dihydropyridines is 1. The van der Waals surface area contributed by atoms with Crippen molar-refractivity contribution in [1.82, 2.24) is 4.98 Å². The number of aliphatic imine (C=N–C) groups is 1. The van der Waals surface area contributed by atoms with Crippen LogP contribution in [0, 0.1) is 5.92 Å². The van der Waals surface area contributed by atoms with Gasteiger partial charge in [-0.25, -0.2) is 9.98 Å². The first kappa shape index (κ1) is 18.7. The van der Waals surface area contributed by atoms with Crippen molar-refractivity contribution in [3.05, 3.63) is 53.1 Å². The second-order valence-corrected chi connectivity index (χ2v) is 6.71. The van der Waals surface area contributed by atoms with Gasteiger partial charge in [-0.05, 0) is 24.1 Å². The Morgan fingerprint density at radius 3 is 2.81 bits per heavy atom. The standard InChI is InChI=1S/C19H18N4O3S/c1-2-12-6-3-4-8-15(12)22-16(24)10-13-11-27-19(21-13)23-18(26)14-7-5-9-20-17(14)25/h3-9,11,14H,2,10H2,1H3,(H,22,24)(H,21,23,26). The Morgan fingerprint density at radius 2 is 2.04 bits per heavy atom. The van der Waals surface area contributed by atoms with Gasteiger partial charge in [-0.15, -0.1) is 11.3 Å². The van der Waals surface area contributed by atoms with Crippen molar-refractivity contribution >= 4 is 46.1 Å². The minimum absolute atomic E-state index is 0.0942. The third-order valence-corrected chi connectivity index (χ3v) is 4.74. The largest absolute Gasteiger partial charge is 0.325 e. The van der Waals surface area contributed by atoms with Crippen molar-refractivity contribution in [2.75, 3.05) is 10.6 Å². The number of nitrogens with one attached hydrogen (secondary N) is 2. The molecule has 27 heavy (non-hydrogen) atoms. The summed E-state index contributed by atoms with van der Waals surface area (Å²) >= 11 is 1.20. The smallest absolute Gasteiger partial charge is 0.262 e. The normalized spacial score (nSPS) is 15.6. The third kappa shape index (κ3) is 4.73. The maximum atomic E-state index is 12.3. The van der Waals surface area contributed by atoms with Gasteiger partial charge in [0.15, 0.2) is 5.13 Å². The molecule has 1 aliphatic heterocycles. The summed E-state index contributed by atoms with van der Waals surface area (Å²) in [6.07, 6.45) is 5.30. The number of carbonyl (C=O) groups is 3. The summed E-state index contributed by atoms with van der Waals surface area (Å²) in [7, 11) is 0. The number of anilines is 2. The Balaban J connectivity index is 1.58. The minimum atomic E-state index is -0.948. The second kappa shape index (κ2) is 8.50. The molecular formula is C19H18N4O3S. The number of amides is 3. The maximum absolute atomic E-state index is 12.3. The number of hydrogen-bond acceptors (Lipinski definition) is 5. The molecule has 3 rings (SSSR count). The summed E-state index contributed by atoms with van der Waals surface area (Å²) in [6.45, 7) is 2.03. The molecule has 1 atom stereocenters. The molecule has 2 N–H and O–H groups in total. The number of aryl methyl sites for hydroxylation is 1. The van der Waals surface area contributed by atoms with Crippen LogP contribution in [0.1, 0.15) is 18.2 Å². The molecule has 2 heterocycles. The fourth-order valence-corrected chi connectivity index (χ4v) is 3.29. The number of nitrogens with zero attached hydrogens (tertiary/aromatic N) is 2. The summed E-state index contributed by atoms with van der Waals surface area (Å²) in [6, 6.07) is 7.63. The van der Waals surface area contributed by atoms with Crippen molar-refractivity contribution in [3.8, 4) is 0 Å². The molecule has 3 amide bonds. The Bertz CT molecular complexity index is 933. The molecule has 138 valence electrons. The highest BCUT2D eigenvalue weighted by Crippen LogP contribution is 2.19. The summed E-state index contributed by atoms with van der Waals surface area (Å²) in [4.78, 5) is 43.9. The van der Waals surface area contributed by atoms with Crippen molar-refractivity contribution in [3.63, 3.8) is 0 Å². The average Bonchev–Trinajstić information content (AvgIpc) is 3.09. The third-order valence-electron chi connectivity index (χ3n) is 3.94. The van der Waals surface area contributed by atoms with E-state index in [0.717, 1.165) is 17.7 Å². The molecule has 0 radical (unpaired) electrons. The lowest BCUT2D eigenvalue weighted by molar-refractivity contribution is -0.128. The highest BCUT2D eigenvalue weighted by Gasteiger charge is 2.25. The van der Waals surface area contributed by atoms with Crippen LogP contribution in [0.4, 0.5) is 10.8 Å². The molecular weight excluding hydrogens is 364 g/mol. The highest BCUT2D eigenvalue weighted by atomic mass is 32.1. The van der Waals surface area contributed by atoms with E-state index in [0.29, 0.717) is 10.8 Å². The quantitative estimate of drug-likeness (QED) is 0.750. The second-order valence-electron chi connectivity index (χ2n) is 5.85. The Labute approximate surface area is 160 Å². The Hall–Kier alpha value is -3.13. The molecule has 1 aromatic heterocycles. The first-order valence-electron chi connectivity index (χ1n) is 8.44. The number of benzene rings is 1. The summed E-state index contributed by atoms with van der Waals surface area (Å²) in [5, 5.41) is 7.53. The van der Waals surface area contributed by atoms with Crippen molar-refractivity contribution in [2.24, 2.45) is 10.9 Å². The van der Waals surface area contributed by atoms with Crippen molar-refractivity contribution in [1.29, 1.82) is 0 Å². The lowest BCUT2D eigenvalue weighted by Gasteiger charge is -2.09. The van der Waals surface area contributed by atoms with E-state index in [1.807, 2.05) is 31.2 Å². The molecule has 8 heteroatoms. The van der Waals surface area contributed by atoms with Crippen LogP contribution in [0.2, 0.25) is 0 Å². The van der Waals surface area contributed by atoms with E-state index in [-0.39, 0.29) is 12.3 Å². The van der Waals surface area contributed by atoms with Crippen LogP contribution in [0.15, 0.2) is 46.8 Å². The maximum Gasteiger partial charge on any atom is 0.262 e. The Kier molecular flexibility index (Phi) is 5.87. The lowest BCUT2D eigenvalue weighted by atomic mass is 10.1. The van der Waals surface area contributed by atoms with E-state index < -0.39 is 17.7 Å². The topological polar surface area (TPSA) is 101 Å². The predicted octanol–water partition coefficient (Wildman–Crippen LogP) is 2.61. The molecule has 0 aliphatic carbocycles. The molecule has 0 saturated heterocycles. The zero-order valence-corrected chi connectivity index (χ0v) is 15.5. The number of aromatic nitrogens is 1. The van der Waals surface area contributed by atoms with E-state index >= 15 is 0 Å². The lowest BCUT2D eigenvalue weighted by Crippen LogP contribution is -2.28. The van der Waals surface area contributed by atoms with Gasteiger partial charge in [0.1, 0.15) is 5.92 Å². The zero-order chi connectivity index (χ0) is 19.2. The molecule has 7 nitrogen and oxygen atoms in total. The minimum Gasteiger partial charge on any atom is -0.325 e. The summed E-state index contributed by atoms with van der Waals surface area (Å²) in [5.74, 6) is -2.13. The average molecular weight is 382 g/mol. The van der Waals surface area contributed by atoms with E-state index in [1.165, 1.54) is 23.6 Å². The van der Waals surface area contributed by atoms with Crippen molar-refractivity contribution in [2.45, 2.75) is 19.8 Å². The molecule has 0 spiro atoms. The van der Waals surface area contributed by atoms with Gasteiger partial charge in [0.2, 0.25) is 11.8 Å². The van der Waals surface area contributed by atoms with Gasteiger partial charge < -0.3 is 10.6 Å². The van der Waals surface area contributed by atoms with Gasteiger partial charge in [-0.1, -0.05) is 31.2 Å². The summed E-state index contributed by atoms with van der Waals surface area (Å²) in [5.41, 5.74) is 2.40. The molecule has 2 aromatic rings. The monoisotopic (exact) mass is 382 g/mol. The molecule has 1 unspecified atom stereocenters. The van der Waals surface area contributed by atoms with Gasteiger partial charge in [0.05, 0.1) is 12.1 Å². The van der Waals surface area contributed by atoms with E-state index in [4.69, 9.17) is 0 Å². The molecule has 0 bridgehead atoms. The number of hydrogen-bond donors (Lipinski definition) is 2. The number of thiazole rings is 1. The number of rotatable bonds is 6. The number of para-hydroxylation sites is 1. The van der Waals surface area contributed by atoms with E-state index in [2.05, 4.69) is 20.6 Å². The van der Waals surface area contributed by atoms with Gasteiger partial charge in [-0.3, -0.25) is 14.4 Å². The fraction of sp³-hybridized carbons (Fsp3) is 0.211. The van der Waals surface area contributed by atoms with Crippen LogP contribution in [0.25, 0.3) is 0 Å². The van der Waals surface area contributed by atoms with Gasteiger partial charge >= 0.3 is 0 Å². The van der Waals surface area contributed by atoms with Crippen molar-refractivity contribution < 1.29 is 14.4 Å². The number of carbonyl (C=O) groups excluding carboxylic acids is 3. The fourth-order valence-electron chi connectivity index (χ4n) is 2.58. The first-order chi connectivity index (χ1) is 13.1. The predicted molar refractivity (Wildman–Crippen MR) is 105 cm³/mol. The van der Waals surface area contributed by atoms with Gasteiger partial charge in [0, 0.05) is 17.3 Å². The Morgan fingerprint density at radius 1 is 1.22 bits per heavy atom. The number of allylic oxidation sites excluding steroid dienone is 1. The van der Waals surface area contributed by atoms with E-state index in [1.54, 1.807) is 11.5 Å². The van der Waals surface area contributed by atoms with Crippen LogP contribution in [-0.2, 0) is 27.2 Å². The molecule has 0 saturated carbocycles. The molecule has 1 aromatic carbocycles. The van der Waals surface area contributed by atoms with Crippen LogP contribution >= 0.6 is 11.3 Å². The van der Waals surface area contributed by atoms with Crippen LogP contribution in [-0.4, -0.2) is 28.9 Å². The van der Waals surface area contributed by atoms with Crippen LogP contribution in [0.5, 0.6) is 0 Å². The van der Waals surface area contributed by atoms with Crippen LogP contribution in [0.3, 0.4) is 0 Å². The SMILES string of the molecule is CCc1ccccc1NC(=O)Cc1csc(NC(=O)C2C=CC=NC2=O)n1. The van der Waals surface area contributed by atoms with Crippen LogP contribution < -0.4 is 10.6 Å². The highest BCUT2D eigenvalue weighted by molar-refractivity contribution is 7.14. The van der Waals surface area contributed by atoms with Gasteiger partial charge in [-0.2, -0.15) is 0 Å². The summed E-state index contributed by atoms with van der Waals surface area (Å²) < 4.78 is 0. The molecule has 0 fully saturated rings. The zero-order valence-electron chi connectivity index (χ0n) is 14.6. The van der Waals surface area contributed by atoms with Gasteiger partial charge in [0.25, 0.3) is 5.91 Å². The molecule has 1 aliphatic rings. The van der Waals surface area contributed by atoms with E-state index in [9.17, 15) is 14.4 Å². The first-order valence-corrected chi connectivity index (χ1v) is 9.32.